The van der Waals surface area contributed by atoms with E-state index in [2.05, 4.69) is 25.9 Å². The summed E-state index contributed by atoms with van der Waals surface area (Å²) in [5.41, 5.74) is -2.33. The molecule has 1 atom stereocenters. The van der Waals surface area contributed by atoms with Crippen LogP contribution in [0.1, 0.15) is 72.6 Å². The molecular weight excluding hydrogens is 692 g/mol. The van der Waals surface area contributed by atoms with E-state index in [1.54, 1.807) is 18.7 Å². The molecule has 20 heteroatoms. The Kier molecular flexibility index (Phi) is 15.2. The molecule has 2 heterocycles. The number of aromatic amines is 2. The second-order valence-corrected chi connectivity index (χ2v) is 11.3. The van der Waals surface area contributed by atoms with E-state index in [4.69, 9.17) is 20.1 Å². The first kappa shape index (κ1) is 41.6. The Morgan fingerprint density at radius 1 is 0.692 bits per heavy atom. The smallest absolute Gasteiger partial charge is 0.503 e. The number of H-pyrrole nitrogens is 2. The molecule has 0 saturated heterocycles. The summed E-state index contributed by atoms with van der Waals surface area (Å²) in [6, 6.07) is 4.10. The first-order chi connectivity index (χ1) is 24.4. The maximum Gasteiger partial charge on any atom is 0.503 e. The van der Waals surface area contributed by atoms with Crippen LogP contribution in [-0.2, 0) is 0 Å². The zero-order chi connectivity index (χ0) is 39.3. The third-order valence-electron chi connectivity index (χ3n) is 7.28. The summed E-state index contributed by atoms with van der Waals surface area (Å²) >= 11 is 0. The molecule has 282 valence electrons. The highest BCUT2D eigenvalue weighted by molar-refractivity contribution is 6.01. The van der Waals surface area contributed by atoms with Gasteiger partial charge in [0.25, 0.3) is 28.8 Å². The highest BCUT2D eigenvalue weighted by Crippen LogP contribution is 2.32. The van der Waals surface area contributed by atoms with Gasteiger partial charge in [-0.2, -0.15) is 0 Å². The van der Waals surface area contributed by atoms with Gasteiger partial charge in [0, 0.05) is 50.2 Å². The molecule has 12 N–H and O–H groups in total. The summed E-state index contributed by atoms with van der Waals surface area (Å²) in [6.45, 7) is 5.41. The number of carbonyl (C=O) groups is 5. The Morgan fingerprint density at radius 2 is 1.12 bits per heavy atom. The second kappa shape index (κ2) is 19.0. The van der Waals surface area contributed by atoms with E-state index < -0.39 is 75.6 Å². The number of aryl methyl sites for hydroxylation is 2. The first-order valence-electron chi connectivity index (χ1n) is 15.5. The number of carbonyl (C=O) groups excluding carboxylic acids is 3. The number of carboxylic acid groups (broad SMARTS) is 3. The van der Waals surface area contributed by atoms with Crippen molar-refractivity contribution < 1.29 is 59.7 Å². The maximum atomic E-state index is 13.1. The monoisotopic (exact) mass is 732 g/mol. The van der Waals surface area contributed by atoms with Crippen LogP contribution in [0.4, 0.5) is 4.79 Å². The molecule has 0 spiro atoms. The van der Waals surface area contributed by atoms with E-state index in [-0.39, 0.29) is 49.4 Å². The molecule has 52 heavy (non-hydrogen) atoms. The topological polar surface area (TPSA) is 332 Å². The number of carboxylic acids is 1. The summed E-state index contributed by atoms with van der Waals surface area (Å²) in [6.07, 6.45) is -0.801. The van der Waals surface area contributed by atoms with E-state index in [0.29, 0.717) is 24.2 Å². The van der Waals surface area contributed by atoms with Gasteiger partial charge < -0.3 is 61.7 Å². The van der Waals surface area contributed by atoms with Crippen LogP contribution < -0.4 is 27.1 Å². The molecule has 0 aliphatic heterocycles. The van der Waals surface area contributed by atoms with E-state index in [0.717, 1.165) is 12.1 Å². The molecule has 1 unspecified atom stereocenters. The van der Waals surface area contributed by atoms with Gasteiger partial charge in [-0.05, 0) is 44.5 Å². The fraction of sp³-hybridized carbons (Fsp3) is 0.344. The molecule has 0 bridgehead atoms. The van der Waals surface area contributed by atoms with Crippen molar-refractivity contribution in [1.82, 2.24) is 30.8 Å². The Hall–Kier alpha value is -6.57. The number of amides is 3. The Labute approximate surface area is 294 Å². The van der Waals surface area contributed by atoms with E-state index >= 15 is 0 Å². The molecule has 1 aromatic carbocycles. The molecule has 0 radical (unpaired) electrons. The van der Waals surface area contributed by atoms with Gasteiger partial charge in [0.1, 0.15) is 5.56 Å². The van der Waals surface area contributed by atoms with Crippen molar-refractivity contribution in [2.24, 2.45) is 0 Å². The van der Waals surface area contributed by atoms with Crippen molar-refractivity contribution in [3.05, 3.63) is 78.6 Å². The van der Waals surface area contributed by atoms with Gasteiger partial charge >= 0.3 is 12.1 Å². The lowest BCUT2D eigenvalue weighted by molar-refractivity contribution is 0.0690. The van der Waals surface area contributed by atoms with Crippen molar-refractivity contribution >= 4 is 29.8 Å². The third-order valence-corrected chi connectivity index (χ3v) is 7.28. The second-order valence-electron chi connectivity index (χ2n) is 11.3. The predicted octanol–water partition coefficient (Wildman–Crippen LogP) is 0.484. The molecule has 20 nitrogen and oxygen atoms in total. The fourth-order valence-corrected chi connectivity index (χ4v) is 4.92. The number of aromatic nitrogens is 2. The van der Waals surface area contributed by atoms with E-state index in [1.165, 1.54) is 12.1 Å². The van der Waals surface area contributed by atoms with Gasteiger partial charge in [0.15, 0.2) is 23.0 Å². The van der Waals surface area contributed by atoms with Gasteiger partial charge in [0.2, 0.25) is 0 Å². The van der Waals surface area contributed by atoms with Crippen LogP contribution in [0.2, 0.25) is 0 Å². The SMILES string of the molecule is CCCC(CN(CCNC(=O)c1cc(C)[nH]c(=O)c1O)CCNC(=O)c1cc(C)[nH]c(=O)c1O)NC(=O)c1ccc(C(=O)O)c(O)c1O.O=C(O)O. The largest absolute Gasteiger partial charge is 0.504 e. The number of hydrogen-bond donors (Lipinski definition) is 12. The first-order valence-corrected chi connectivity index (χ1v) is 15.5. The van der Waals surface area contributed by atoms with Crippen LogP contribution in [0.25, 0.3) is 0 Å². The number of aromatic carboxylic acids is 1. The molecule has 3 rings (SSSR count). The highest BCUT2D eigenvalue weighted by Gasteiger charge is 2.24. The van der Waals surface area contributed by atoms with Crippen molar-refractivity contribution in [2.75, 3.05) is 32.7 Å². The third kappa shape index (κ3) is 11.8. The van der Waals surface area contributed by atoms with Crippen LogP contribution in [0.5, 0.6) is 23.0 Å². The zero-order valence-electron chi connectivity index (χ0n) is 28.3. The van der Waals surface area contributed by atoms with Gasteiger partial charge in [-0.15, -0.1) is 0 Å². The Bertz CT molecular complexity index is 1830. The molecular formula is C32H40N6O14. The minimum atomic E-state index is -1.83. The van der Waals surface area contributed by atoms with Crippen molar-refractivity contribution in [3.63, 3.8) is 0 Å². The lowest BCUT2D eigenvalue weighted by Gasteiger charge is -2.28. The molecule has 3 aromatic rings. The highest BCUT2D eigenvalue weighted by atomic mass is 16.6. The summed E-state index contributed by atoms with van der Waals surface area (Å²) < 4.78 is 0. The maximum absolute atomic E-state index is 13.1. The van der Waals surface area contributed by atoms with Crippen molar-refractivity contribution in [3.8, 4) is 23.0 Å². The van der Waals surface area contributed by atoms with Crippen LogP contribution in [0.3, 0.4) is 0 Å². The van der Waals surface area contributed by atoms with Crippen LogP contribution in [0.15, 0.2) is 33.9 Å². The molecule has 0 fully saturated rings. The number of hydrogen-bond acceptors (Lipinski definition) is 12. The van der Waals surface area contributed by atoms with Gasteiger partial charge in [-0.25, -0.2) is 9.59 Å². The number of rotatable bonds is 15. The molecule has 2 aromatic heterocycles. The zero-order valence-corrected chi connectivity index (χ0v) is 28.3. The molecule has 0 saturated carbocycles. The minimum Gasteiger partial charge on any atom is -0.504 e. The standard InChI is InChI=1S/C31H38N6O11.CH2O3/c1-4-5-17(36-28(44)18-6-7-19(31(47)48)23(39)22(18)38)14-37(10-8-32-26(42)20-12-15(2)34-29(45)24(20)40)11-9-33-27(43)21-13-16(3)35-30(46)25(21)41;2-1(3)4/h6-7,12-13,17,38-41H,4-5,8-11,14H2,1-3H3,(H,32,42)(H,33,43)(H,34,45)(H,35,46)(H,36,44)(H,47,48);(H2,2,3,4). The molecule has 0 aliphatic carbocycles. The number of phenols is 2. The Morgan fingerprint density at radius 3 is 1.54 bits per heavy atom. The lowest BCUT2D eigenvalue weighted by Crippen LogP contribution is -2.47. The number of aromatic hydroxyl groups is 4. The minimum absolute atomic E-state index is 0.00418. The summed E-state index contributed by atoms with van der Waals surface area (Å²) in [4.78, 5) is 88.8. The summed E-state index contributed by atoms with van der Waals surface area (Å²) in [5.74, 6) is -7.07. The quantitative estimate of drug-likeness (QED) is 0.0946. The number of phenolic OH excluding ortho intramolecular Hbond substituents is 1. The molecule has 0 aliphatic rings. The normalized spacial score (nSPS) is 11.2. The number of benzene rings is 1. The lowest BCUT2D eigenvalue weighted by atomic mass is 10.1. The number of pyridine rings is 2. The summed E-state index contributed by atoms with van der Waals surface area (Å²) in [7, 11) is 0. The van der Waals surface area contributed by atoms with Crippen LogP contribution in [0, 0.1) is 13.8 Å². The van der Waals surface area contributed by atoms with Crippen LogP contribution >= 0.6 is 0 Å². The summed E-state index contributed by atoms with van der Waals surface area (Å²) in [5, 5.41) is 71.6. The predicted molar refractivity (Wildman–Crippen MR) is 182 cm³/mol. The number of nitrogens with one attached hydrogen (secondary N) is 5. The fourth-order valence-electron chi connectivity index (χ4n) is 4.92. The van der Waals surface area contributed by atoms with Gasteiger partial charge in [-0.3, -0.25) is 28.9 Å². The van der Waals surface area contributed by atoms with Crippen LogP contribution in [-0.4, -0.2) is 119 Å². The Balaban J connectivity index is 0.00000222. The van der Waals surface area contributed by atoms with E-state index in [9.17, 15) is 49.2 Å². The van der Waals surface area contributed by atoms with Crippen molar-refractivity contribution in [1.29, 1.82) is 0 Å². The van der Waals surface area contributed by atoms with Crippen molar-refractivity contribution in [2.45, 2.75) is 39.7 Å². The number of nitrogens with zero attached hydrogens (tertiary/aromatic N) is 1. The molecule has 3 amide bonds. The van der Waals surface area contributed by atoms with Gasteiger partial charge in [0.05, 0.1) is 16.7 Å². The van der Waals surface area contributed by atoms with Gasteiger partial charge in [-0.1, -0.05) is 13.3 Å². The van der Waals surface area contributed by atoms with E-state index in [1.807, 2.05) is 6.92 Å². The average molecular weight is 733 g/mol. The average Bonchev–Trinajstić information content (AvgIpc) is 3.04.